The van der Waals surface area contributed by atoms with Crippen molar-refractivity contribution in [1.82, 2.24) is 9.62 Å². The second-order valence-electron chi connectivity index (χ2n) is 6.75. The Bertz CT molecular complexity index is 813. The van der Waals surface area contributed by atoms with E-state index in [0.717, 1.165) is 19.3 Å². The van der Waals surface area contributed by atoms with Crippen molar-refractivity contribution in [3.63, 3.8) is 0 Å². The molecule has 1 heterocycles. The minimum Gasteiger partial charge on any atom is -0.452 e. The first kappa shape index (κ1) is 22.0. The van der Waals surface area contributed by atoms with Crippen LogP contribution >= 0.6 is 0 Å². The number of rotatable bonds is 8. The molecule has 28 heavy (non-hydrogen) atoms. The summed E-state index contributed by atoms with van der Waals surface area (Å²) in [6.45, 7) is 4.10. The zero-order valence-corrected chi connectivity index (χ0v) is 17.0. The Morgan fingerprint density at radius 3 is 2.29 bits per heavy atom. The maximum atomic E-state index is 12.2. The van der Waals surface area contributed by atoms with Crippen LogP contribution in [0.4, 0.5) is 0 Å². The number of esters is 1. The van der Waals surface area contributed by atoms with E-state index in [1.807, 2.05) is 0 Å². The Morgan fingerprint density at radius 2 is 1.71 bits per heavy atom. The molecule has 0 radical (unpaired) electrons. The molecule has 1 amide bonds. The van der Waals surface area contributed by atoms with Crippen molar-refractivity contribution in [1.29, 1.82) is 0 Å². The SMILES string of the molecule is CC(=O)c1ccc(S(=O)(=O)NCCC(=O)O[C@H](C)C(=O)N2CCCCC2)cc1. The Kier molecular flexibility index (Phi) is 7.70. The molecule has 0 aliphatic carbocycles. The van der Waals surface area contributed by atoms with Crippen LogP contribution in [-0.2, 0) is 24.3 Å². The second kappa shape index (κ2) is 9.79. The molecule has 9 heteroatoms. The summed E-state index contributed by atoms with van der Waals surface area (Å²) in [5.74, 6) is -1.03. The van der Waals surface area contributed by atoms with Gasteiger partial charge in [0, 0.05) is 25.2 Å². The van der Waals surface area contributed by atoms with Crippen molar-refractivity contribution >= 4 is 27.7 Å². The number of hydrogen-bond acceptors (Lipinski definition) is 6. The van der Waals surface area contributed by atoms with Crippen molar-refractivity contribution in [3.8, 4) is 0 Å². The van der Waals surface area contributed by atoms with Crippen LogP contribution in [0.25, 0.3) is 0 Å². The predicted octanol–water partition coefficient (Wildman–Crippen LogP) is 1.50. The fourth-order valence-corrected chi connectivity index (χ4v) is 3.95. The zero-order chi connectivity index (χ0) is 20.7. The quantitative estimate of drug-likeness (QED) is 0.514. The van der Waals surface area contributed by atoms with Crippen molar-refractivity contribution in [2.24, 2.45) is 0 Å². The molecule has 1 aliphatic rings. The van der Waals surface area contributed by atoms with Gasteiger partial charge in [-0.05, 0) is 45.2 Å². The number of amides is 1. The summed E-state index contributed by atoms with van der Waals surface area (Å²) in [5.41, 5.74) is 0.412. The first-order valence-corrected chi connectivity index (χ1v) is 10.8. The van der Waals surface area contributed by atoms with E-state index in [4.69, 9.17) is 4.74 Å². The van der Waals surface area contributed by atoms with Gasteiger partial charge in [-0.3, -0.25) is 14.4 Å². The van der Waals surface area contributed by atoms with Gasteiger partial charge in [-0.1, -0.05) is 12.1 Å². The van der Waals surface area contributed by atoms with Crippen molar-refractivity contribution in [2.75, 3.05) is 19.6 Å². The van der Waals surface area contributed by atoms with E-state index in [1.165, 1.54) is 38.1 Å². The lowest BCUT2D eigenvalue weighted by Crippen LogP contribution is -2.42. The number of likely N-dealkylation sites (tertiary alicyclic amines) is 1. The topological polar surface area (TPSA) is 110 Å². The summed E-state index contributed by atoms with van der Waals surface area (Å²) in [5, 5.41) is 0. The van der Waals surface area contributed by atoms with Gasteiger partial charge in [0.2, 0.25) is 10.0 Å². The summed E-state index contributed by atoms with van der Waals surface area (Å²) < 4.78 is 31.9. The minimum atomic E-state index is -3.80. The number of sulfonamides is 1. The number of piperidine rings is 1. The second-order valence-corrected chi connectivity index (χ2v) is 8.51. The smallest absolute Gasteiger partial charge is 0.307 e. The largest absolute Gasteiger partial charge is 0.452 e. The van der Waals surface area contributed by atoms with Gasteiger partial charge >= 0.3 is 5.97 Å². The van der Waals surface area contributed by atoms with Gasteiger partial charge in [0.15, 0.2) is 11.9 Å². The number of ketones is 1. The fraction of sp³-hybridized carbons (Fsp3) is 0.526. The Hall–Kier alpha value is -2.26. The molecule has 0 saturated carbocycles. The normalized spacial score (nSPS) is 15.7. The van der Waals surface area contributed by atoms with Crippen LogP contribution in [0.3, 0.4) is 0 Å². The highest BCUT2D eigenvalue weighted by Gasteiger charge is 2.25. The molecule has 2 rings (SSSR count). The molecular weight excluding hydrogens is 384 g/mol. The number of carbonyl (C=O) groups is 3. The third-order valence-corrected chi connectivity index (χ3v) is 5.99. The van der Waals surface area contributed by atoms with Crippen molar-refractivity contribution < 1.29 is 27.5 Å². The molecule has 1 saturated heterocycles. The summed E-state index contributed by atoms with van der Waals surface area (Å²) in [4.78, 5) is 37.1. The minimum absolute atomic E-state index is 0.000452. The van der Waals surface area contributed by atoms with Gasteiger partial charge in [-0.25, -0.2) is 13.1 Å². The first-order chi connectivity index (χ1) is 13.2. The highest BCUT2D eigenvalue weighted by Crippen LogP contribution is 2.12. The zero-order valence-electron chi connectivity index (χ0n) is 16.1. The molecule has 0 spiro atoms. The van der Waals surface area contributed by atoms with Crippen molar-refractivity contribution in [3.05, 3.63) is 29.8 Å². The van der Waals surface area contributed by atoms with Gasteiger partial charge in [0.1, 0.15) is 0 Å². The average Bonchev–Trinajstić information content (AvgIpc) is 2.67. The van der Waals surface area contributed by atoms with Crippen LogP contribution in [0, 0.1) is 0 Å². The van der Waals surface area contributed by atoms with E-state index in [-0.39, 0.29) is 29.6 Å². The monoisotopic (exact) mass is 410 g/mol. The molecule has 0 bridgehead atoms. The van der Waals surface area contributed by atoms with Crippen LogP contribution in [0.2, 0.25) is 0 Å². The summed E-state index contributed by atoms with van der Waals surface area (Å²) in [7, 11) is -3.80. The van der Waals surface area contributed by atoms with Gasteiger partial charge in [-0.2, -0.15) is 0 Å². The average molecular weight is 410 g/mol. The Morgan fingerprint density at radius 1 is 1.11 bits per heavy atom. The van der Waals surface area contributed by atoms with Crippen molar-refractivity contribution in [2.45, 2.75) is 50.5 Å². The number of nitrogens with zero attached hydrogens (tertiary/aromatic N) is 1. The van der Waals surface area contributed by atoms with Crippen LogP contribution in [0.1, 0.15) is 49.9 Å². The Balaban J connectivity index is 1.80. The third-order valence-electron chi connectivity index (χ3n) is 4.52. The number of nitrogens with one attached hydrogen (secondary N) is 1. The first-order valence-electron chi connectivity index (χ1n) is 9.29. The van der Waals surface area contributed by atoms with Crippen LogP contribution in [0.15, 0.2) is 29.2 Å². The predicted molar refractivity (Wildman–Crippen MR) is 102 cm³/mol. The maximum absolute atomic E-state index is 12.2. The van der Waals surface area contributed by atoms with Gasteiger partial charge in [0.25, 0.3) is 5.91 Å². The molecule has 1 aromatic carbocycles. The van der Waals surface area contributed by atoms with E-state index in [9.17, 15) is 22.8 Å². The molecule has 0 aromatic heterocycles. The number of Topliss-reactive ketones (excluding diaryl/α,β-unsaturated/α-hetero) is 1. The maximum Gasteiger partial charge on any atom is 0.307 e. The lowest BCUT2D eigenvalue weighted by atomic mass is 10.1. The van der Waals surface area contributed by atoms with Crippen LogP contribution in [-0.4, -0.2) is 56.7 Å². The molecule has 0 unspecified atom stereocenters. The standard InChI is InChI=1S/C19H26N2O6S/c1-14(22)16-6-8-17(9-7-16)28(25,26)20-11-10-18(23)27-15(2)19(24)21-12-4-3-5-13-21/h6-9,15,20H,3-5,10-13H2,1-2H3/t15-/m1/s1. The molecule has 8 nitrogen and oxygen atoms in total. The van der Waals surface area contributed by atoms with E-state index < -0.39 is 22.1 Å². The van der Waals surface area contributed by atoms with E-state index >= 15 is 0 Å². The highest BCUT2D eigenvalue weighted by atomic mass is 32.2. The molecule has 1 aliphatic heterocycles. The molecule has 1 N–H and O–H groups in total. The lowest BCUT2D eigenvalue weighted by Gasteiger charge is -2.28. The molecule has 1 aromatic rings. The number of carbonyl (C=O) groups excluding carboxylic acids is 3. The number of ether oxygens (including phenoxy) is 1. The van der Waals surface area contributed by atoms with Crippen LogP contribution < -0.4 is 4.72 Å². The van der Waals surface area contributed by atoms with Gasteiger partial charge in [0.05, 0.1) is 11.3 Å². The molecule has 1 fully saturated rings. The number of hydrogen-bond donors (Lipinski definition) is 1. The van der Waals surface area contributed by atoms with Gasteiger partial charge in [-0.15, -0.1) is 0 Å². The third kappa shape index (κ3) is 6.13. The fourth-order valence-electron chi connectivity index (χ4n) is 2.92. The summed E-state index contributed by atoms with van der Waals surface area (Å²) >= 11 is 0. The van der Waals surface area contributed by atoms with Gasteiger partial charge < -0.3 is 9.64 Å². The molecule has 154 valence electrons. The number of benzene rings is 1. The molecule has 1 atom stereocenters. The van der Waals surface area contributed by atoms with E-state index in [2.05, 4.69) is 4.72 Å². The van der Waals surface area contributed by atoms with Crippen LogP contribution in [0.5, 0.6) is 0 Å². The highest BCUT2D eigenvalue weighted by molar-refractivity contribution is 7.89. The molecular formula is C19H26N2O6S. The Labute approximate surface area is 165 Å². The lowest BCUT2D eigenvalue weighted by molar-refractivity contribution is -0.159. The van der Waals surface area contributed by atoms with E-state index in [1.54, 1.807) is 4.90 Å². The summed E-state index contributed by atoms with van der Waals surface area (Å²) in [6.07, 6.45) is 1.91. The summed E-state index contributed by atoms with van der Waals surface area (Å²) in [6, 6.07) is 5.52. The van der Waals surface area contributed by atoms with E-state index in [0.29, 0.717) is 18.7 Å².